The van der Waals surface area contributed by atoms with Crippen LogP contribution in [0.2, 0.25) is 0 Å². The maximum absolute atomic E-state index is 11.7. The van der Waals surface area contributed by atoms with Crippen LogP contribution >= 0.6 is 0 Å². The molecule has 1 heterocycles. The number of hydrogen-bond donors (Lipinski definition) is 2. The first-order valence-corrected chi connectivity index (χ1v) is 5.34. The molecule has 0 aromatic rings. The Bertz CT molecular complexity index is 261. The Hall–Kier alpha value is -1.12. The van der Waals surface area contributed by atoms with E-state index in [1.165, 1.54) is 0 Å². The Balaban J connectivity index is 2.65. The van der Waals surface area contributed by atoms with Gasteiger partial charge in [0.1, 0.15) is 6.04 Å². The van der Waals surface area contributed by atoms with Crippen LogP contribution < -0.4 is 10.6 Å². The molecular weight excluding hydrogens is 192 g/mol. The van der Waals surface area contributed by atoms with Gasteiger partial charge in [0.2, 0.25) is 5.91 Å². The predicted octanol–water partition coefficient (Wildman–Crippen LogP) is -0.692. The van der Waals surface area contributed by atoms with Crippen molar-refractivity contribution < 1.29 is 4.79 Å². The third-order valence-corrected chi connectivity index (χ3v) is 2.62. The average molecular weight is 210 g/mol. The number of nitrogens with zero attached hydrogens (tertiary/aromatic N) is 2. The van der Waals surface area contributed by atoms with Crippen LogP contribution in [0.25, 0.3) is 0 Å². The highest BCUT2D eigenvalue weighted by Gasteiger charge is 2.31. The first-order valence-electron chi connectivity index (χ1n) is 5.34. The zero-order chi connectivity index (χ0) is 11.3. The van der Waals surface area contributed by atoms with E-state index in [9.17, 15) is 4.79 Å². The predicted molar refractivity (Wildman–Crippen MR) is 57.1 cm³/mol. The summed E-state index contributed by atoms with van der Waals surface area (Å²) in [6, 6.07) is 1.76. The molecular formula is C10H18N4O. The molecule has 1 amide bonds. The largest absolute Gasteiger partial charge is 0.355 e. The number of likely N-dealkylation sites (N-methyl/N-ethyl adjacent to an activating group) is 1. The second-order valence-corrected chi connectivity index (χ2v) is 3.66. The van der Waals surface area contributed by atoms with Crippen molar-refractivity contribution in [2.24, 2.45) is 0 Å². The van der Waals surface area contributed by atoms with Gasteiger partial charge < -0.3 is 10.6 Å². The summed E-state index contributed by atoms with van der Waals surface area (Å²) in [6.45, 7) is 6.56. The van der Waals surface area contributed by atoms with Crippen molar-refractivity contribution in [3.8, 4) is 6.07 Å². The molecule has 15 heavy (non-hydrogen) atoms. The second-order valence-electron chi connectivity index (χ2n) is 3.66. The fourth-order valence-corrected chi connectivity index (χ4v) is 1.79. The summed E-state index contributed by atoms with van der Waals surface area (Å²) in [7, 11) is 0. The van der Waals surface area contributed by atoms with Crippen molar-refractivity contribution in [2.75, 3.05) is 26.2 Å². The summed E-state index contributed by atoms with van der Waals surface area (Å²) in [5, 5.41) is 14.8. The highest BCUT2D eigenvalue weighted by Crippen LogP contribution is 2.08. The third kappa shape index (κ3) is 2.91. The van der Waals surface area contributed by atoms with Crippen LogP contribution in [0.4, 0.5) is 0 Å². The van der Waals surface area contributed by atoms with Crippen molar-refractivity contribution in [1.82, 2.24) is 15.5 Å². The van der Waals surface area contributed by atoms with Gasteiger partial charge in [-0.05, 0) is 13.8 Å². The molecule has 1 aliphatic heterocycles. The topological polar surface area (TPSA) is 68.2 Å². The molecule has 0 saturated carbocycles. The van der Waals surface area contributed by atoms with Crippen LogP contribution in [-0.4, -0.2) is 49.1 Å². The van der Waals surface area contributed by atoms with Gasteiger partial charge in [0.15, 0.2) is 0 Å². The maximum atomic E-state index is 11.7. The van der Waals surface area contributed by atoms with Crippen molar-refractivity contribution in [2.45, 2.75) is 25.9 Å². The Morgan fingerprint density at radius 1 is 1.80 bits per heavy atom. The molecule has 2 N–H and O–H groups in total. The van der Waals surface area contributed by atoms with Gasteiger partial charge in [-0.25, -0.2) is 0 Å². The molecule has 0 aromatic heterocycles. The van der Waals surface area contributed by atoms with Crippen LogP contribution in [0, 0.1) is 11.3 Å². The van der Waals surface area contributed by atoms with Gasteiger partial charge in [-0.15, -0.1) is 0 Å². The molecule has 5 nitrogen and oxygen atoms in total. The molecule has 0 spiro atoms. The Kier molecular flexibility index (Phi) is 4.53. The van der Waals surface area contributed by atoms with E-state index in [1.54, 1.807) is 0 Å². The number of rotatable bonds is 3. The summed E-state index contributed by atoms with van der Waals surface area (Å²) in [5.41, 5.74) is 0. The van der Waals surface area contributed by atoms with E-state index in [2.05, 4.69) is 16.7 Å². The average Bonchev–Trinajstić information content (AvgIpc) is 2.28. The zero-order valence-electron chi connectivity index (χ0n) is 9.29. The quantitative estimate of drug-likeness (QED) is 0.647. The summed E-state index contributed by atoms with van der Waals surface area (Å²) in [6.07, 6.45) is 0. The summed E-state index contributed by atoms with van der Waals surface area (Å²) in [4.78, 5) is 13.7. The van der Waals surface area contributed by atoms with Gasteiger partial charge in [-0.2, -0.15) is 5.26 Å². The number of nitrogens with one attached hydrogen (secondary N) is 2. The van der Waals surface area contributed by atoms with Crippen LogP contribution in [0.1, 0.15) is 13.8 Å². The van der Waals surface area contributed by atoms with Crippen molar-refractivity contribution >= 4 is 5.91 Å². The van der Waals surface area contributed by atoms with E-state index >= 15 is 0 Å². The van der Waals surface area contributed by atoms with Crippen LogP contribution in [0.15, 0.2) is 0 Å². The van der Waals surface area contributed by atoms with Gasteiger partial charge >= 0.3 is 0 Å². The fraction of sp³-hybridized carbons (Fsp3) is 0.800. The lowest BCUT2D eigenvalue weighted by atomic mass is 10.1. The molecule has 0 aromatic carbocycles. The van der Waals surface area contributed by atoms with Crippen molar-refractivity contribution in [3.05, 3.63) is 0 Å². The second kappa shape index (κ2) is 5.69. The lowest BCUT2D eigenvalue weighted by molar-refractivity contribution is -0.127. The fourth-order valence-electron chi connectivity index (χ4n) is 1.79. The molecule has 84 valence electrons. The first-order chi connectivity index (χ1) is 7.20. The SMILES string of the molecule is CCNC(=O)C1CNCCN1C(C)C#N. The lowest BCUT2D eigenvalue weighted by Crippen LogP contribution is -2.60. The zero-order valence-corrected chi connectivity index (χ0v) is 9.29. The Morgan fingerprint density at radius 2 is 2.53 bits per heavy atom. The molecule has 0 aliphatic carbocycles. The molecule has 1 rings (SSSR count). The van der Waals surface area contributed by atoms with Crippen LogP contribution in [-0.2, 0) is 4.79 Å². The van der Waals surface area contributed by atoms with E-state index in [0.29, 0.717) is 13.1 Å². The minimum atomic E-state index is -0.214. The van der Waals surface area contributed by atoms with E-state index < -0.39 is 0 Å². The number of hydrogen-bond acceptors (Lipinski definition) is 4. The van der Waals surface area contributed by atoms with Crippen LogP contribution in [0.5, 0.6) is 0 Å². The smallest absolute Gasteiger partial charge is 0.238 e. The van der Waals surface area contributed by atoms with Crippen LogP contribution in [0.3, 0.4) is 0 Å². The normalized spacial score (nSPS) is 24.2. The summed E-state index contributed by atoms with van der Waals surface area (Å²) >= 11 is 0. The summed E-state index contributed by atoms with van der Waals surface area (Å²) < 4.78 is 0. The number of piperazine rings is 1. The van der Waals surface area contributed by atoms with E-state index in [4.69, 9.17) is 5.26 Å². The minimum Gasteiger partial charge on any atom is -0.355 e. The summed E-state index contributed by atoms with van der Waals surface area (Å²) in [5.74, 6) is 0.00630. The van der Waals surface area contributed by atoms with E-state index in [1.807, 2.05) is 18.7 Å². The molecule has 2 unspecified atom stereocenters. The van der Waals surface area contributed by atoms with E-state index in [-0.39, 0.29) is 18.0 Å². The molecule has 1 fully saturated rings. The van der Waals surface area contributed by atoms with Gasteiger partial charge in [0.25, 0.3) is 0 Å². The van der Waals surface area contributed by atoms with E-state index in [0.717, 1.165) is 13.1 Å². The number of carbonyl (C=O) groups excluding carboxylic acids is 1. The standard InChI is InChI=1S/C10H18N4O/c1-3-13-10(15)9-7-12-4-5-14(9)8(2)6-11/h8-9,12H,3-5,7H2,1-2H3,(H,13,15). The highest BCUT2D eigenvalue weighted by molar-refractivity contribution is 5.82. The molecule has 5 heteroatoms. The molecule has 0 radical (unpaired) electrons. The van der Waals surface area contributed by atoms with Gasteiger partial charge in [0.05, 0.1) is 12.1 Å². The van der Waals surface area contributed by atoms with Gasteiger partial charge in [-0.1, -0.05) is 0 Å². The molecule has 2 atom stereocenters. The third-order valence-electron chi connectivity index (χ3n) is 2.62. The molecule has 0 bridgehead atoms. The lowest BCUT2D eigenvalue weighted by Gasteiger charge is -2.36. The van der Waals surface area contributed by atoms with Crippen molar-refractivity contribution in [1.29, 1.82) is 5.26 Å². The Morgan fingerprint density at radius 3 is 3.13 bits per heavy atom. The monoisotopic (exact) mass is 210 g/mol. The maximum Gasteiger partial charge on any atom is 0.238 e. The number of carbonyl (C=O) groups is 1. The minimum absolute atomic E-state index is 0.00630. The molecule has 1 saturated heterocycles. The first kappa shape index (κ1) is 12.0. The van der Waals surface area contributed by atoms with Crippen molar-refractivity contribution in [3.63, 3.8) is 0 Å². The number of nitriles is 1. The highest BCUT2D eigenvalue weighted by atomic mass is 16.2. The van der Waals surface area contributed by atoms with Gasteiger partial charge in [0, 0.05) is 26.2 Å². The molecule has 1 aliphatic rings. The van der Waals surface area contributed by atoms with Gasteiger partial charge in [-0.3, -0.25) is 9.69 Å². The number of amides is 1. The Labute approximate surface area is 90.4 Å².